The van der Waals surface area contributed by atoms with Crippen molar-refractivity contribution in [2.45, 2.75) is 45.3 Å². The van der Waals surface area contributed by atoms with E-state index >= 15 is 0 Å². The molecule has 1 aromatic rings. The molecule has 4 nitrogen and oxygen atoms in total. The largest absolute Gasteiger partial charge is 0.468 e. The molecule has 1 saturated heterocycles. The van der Waals surface area contributed by atoms with Crippen molar-refractivity contribution in [1.82, 2.24) is 15.1 Å². The minimum atomic E-state index is 0.571. The molecular formula is C16H29N3O. The van der Waals surface area contributed by atoms with E-state index in [1.165, 1.54) is 32.5 Å². The summed E-state index contributed by atoms with van der Waals surface area (Å²) in [6.07, 6.45) is 4.24. The summed E-state index contributed by atoms with van der Waals surface area (Å²) >= 11 is 0. The highest BCUT2D eigenvalue weighted by Gasteiger charge is 2.25. The predicted molar refractivity (Wildman–Crippen MR) is 82.8 cm³/mol. The van der Waals surface area contributed by atoms with Gasteiger partial charge in [-0.2, -0.15) is 0 Å². The fraction of sp³-hybridized carbons (Fsp3) is 0.750. The van der Waals surface area contributed by atoms with Gasteiger partial charge in [0.25, 0.3) is 0 Å². The van der Waals surface area contributed by atoms with E-state index in [0.29, 0.717) is 12.1 Å². The van der Waals surface area contributed by atoms with Gasteiger partial charge in [-0.3, -0.25) is 4.90 Å². The molecule has 1 fully saturated rings. The smallest absolute Gasteiger partial charge is 0.117 e. The Labute approximate surface area is 123 Å². The molecule has 4 heteroatoms. The number of likely N-dealkylation sites (N-methyl/N-ethyl adjacent to an activating group) is 1. The molecule has 1 aromatic heterocycles. The molecule has 0 aromatic carbocycles. The van der Waals surface area contributed by atoms with Gasteiger partial charge in [-0.25, -0.2) is 0 Å². The van der Waals surface area contributed by atoms with Crippen LogP contribution in [0.2, 0.25) is 0 Å². The zero-order valence-corrected chi connectivity index (χ0v) is 13.1. The van der Waals surface area contributed by atoms with E-state index in [-0.39, 0.29) is 0 Å². The van der Waals surface area contributed by atoms with E-state index in [9.17, 15) is 0 Å². The van der Waals surface area contributed by atoms with Gasteiger partial charge in [0.05, 0.1) is 12.8 Å². The van der Waals surface area contributed by atoms with Crippen LogP contribution in [0.3, 0.4) is 0 Å². The number of hydrogen-bond acceptors (Lipinski definition) is 4. The van der Waals surface area contributed by atoms with Gasteiger partial charge in [0.2, 0.25) is 0 Å². The summed E-state index contributed by atoms with van der Waals surface area (Å²) in [6, 6.07) is 5.22. The Morgan fingerprint density at radius 1 is 1.45 bits per heavy atom. The molecule has 0 radical (unpaired) electrons. The molecule has 2 heterocycles. The Balaban J connectivity index is 1.81. The monoisotopic (exact) mass is 279 g/mol. The van der Waals surface area contributed by atoms with Gasteiger partial charge >= 0.3 is 0 Å². The first-order valence-corrected chi connectivity index (χ1v) is 7.88. The summed E-state index contributed by atoms with van der Waals surface area (Å²) in [4.78, 5) is 5.15. The minimum Gasteiger partial charge on any atom is -0.468 e. The topological polar surface area (TPSA) is 31.6 Å². The molecule has 1 aliphatic rings. The summed E-state index contributed by atoms with van der Waals surface area (Å²) in [7, 11) is 2.24. The Bertz CT molecular complexity index is 366. The van der Waals surface area contributed by atoms with Gasteiger partial charge in [-0.1, -0.05) is 6.92 Å². The number of nitrogens with zero attached hydrogens (tertiary/aromatic N) is 2. The molecule has 114 valence electrons. The third-order valence-corrected chi connectivity index (χ3v) is 4.30. The lowest BCUT2D eigenvalue weighted by molar-refractivity contribution is 0.134. The van der Waals surface area contributed by atoms with Crippen LogP contribution < -0.4 is 5.32 Å². The standard InChI is InChI=1S/C16H29N3O/c1-4-15-13-18(3)8-6-9-19(15)14(2)11-17-12-16-7-5-10-20-16/h5,7,10,14-15,17H,4,6,8-9,11-13H2,1-3H3. The molecule has 2 atom stereocenters. The number of furan rings is 1. The number of nitrogens with one attached hydrogen (secondary N) is 1. The van der Waals surface area contributed by atoms with Gasteiger partial charge in [-0.15, -0.1) is 0 Å². The van der Waals surface area contributed by atoms with Crippen molar-refractivity contribution in [3.63, 3.8) is 0 Å². The quantitative estimate of drug-likeness (QED) is 0.865. The van der Waals surface area contributed by atoms with Crippen molar-refractivity contribution >= 4 is 0 Å². The Kier molecular flexibility index (Phi) is 6.07. The summed E-state index contributed by atoms with van der Waals surface area (Å²) in [6.45, 7) is 10.1. The lowest BCUT2D eigenvalue weighted by atomic mass is 10.1. The molecule has 0 amide bonds. The van der Waals surface area contributed by atoms with Crippen LogP contribution in [0.5, 0.6) is 0 Å². The van der Waals surface area contributed by atoms with Crippen LogP contribution in [0.15, 0.2) is 22.8 Å². The number of rotatable bonds is 6. The van der Waals surface area contributed by atoms with Crippen LogP contribution in [-0.2, 0) is 6.54 Å². The van der Waals surface area contributed by atoms with Crippen molar-refractivity contribution in [3.05, 3.63) is 24.2 Å². The summed E-state index contributed by atoms with van der Waals surface area (Å²) in [5.74, 6) is 1.01. The zero-order chi connectivity index (χ0) is 14.4. The van der Waals surface area contributed by atoms with Crippen LogP contribution in [-0.4, -0.2) is 55.1 Å². The van der Waals surface area contributed by atoms with E-state index in [1.54, 1.807) is 6.26 Å². The molecule has 0 saturated carbocycles. The van der Waals surface area contributed by atoms with Gasteiger partial charge in [0.15, 0.2) is 0 Å². The predicted octanol–water partition coefficient (Wildman–Crippen LogP) is 2.17. The fourth-order valence-corrected chi connectivity index (χ4v) is 3.14. The minimum absolute atomic E-state index is 0.571. The molecular weight excluding hydrogens is 250 g/mol. The molecule has 1 N–H and O–H groups in total. The van der Waals surface area contributed by atoms with Crippen molar-refractivity contribution < 1.29 is 4.42 Å². The van der Waals surface area contributed by atoms with E-state index in [0.717, 1.165) is 18.8 Å². The molecule has 0 spiro atoms. The lowest BCUT2D eigenvalue weighted by Crippen LogP contribution is -2.48. The van der Waals surface area contributed by atoms with Gasteiger partial charge in [-0.05, 0) is 45.5 Å². The highest BCUT2D eigenvalue weighted by Crippen LogP contribution is 2.15. The van der Waals surface area contributed by atoms with Crippen LogP contribution in [0.25, 0.3) is 0 Å². The second-order valence-electron chi connectivity index (χ2n) is 5.97. The van der Waals surface area contributed by atoms with Crippen LogP contribution in [0, 0.1) is 0 Å². The van der Waals surface area contributed by atoms with E-state index in [4.69, 9.17) is 4.42 Å². The first kappa shape index (κ1) is 15.5. The van der Waals surface area contributed by atoms with Crippen molar-refractivity contribution in [2.24, 2.45) is 0 Å². The SMILES string of the molecule is CCC1CN(C)CCCN1C(C)CNCc1ccco1. The van der Waals surface area contributed by atoms with Crippen LogP contribution >= 0.6 is 0 Å². The maximum atomic E-state index is 5.35. The first-order valence-electron chi connectivity index (χ1n) is 7.88. The Morgan fingerprint density at radius 2 is 2.30 bits per heavy atom. The summed E-state index contributed by atoms with van der Waals surface area (Å²) in [5.41, 5.74) is 0. The van der Waals surface area contributed by atoms with Gasteiger partial charge in [0, 0.05) is 31.7 Å². The Morgan fingerprint density at radius 3 is 3.00 bits per heavy atom. The van der Waals surface area contributed by atoms with Crippen LogP contribution in [0.4, 0.5) is 0 Å². The third kappa shape index (κ3) is 4.33. The molecule has 2 unspecified atom stereocenters. The highest BCUT2D eigenvalue weighted by atomic mass is 16.3. The second kappa shape index (κ2) is 7.81. The summed E-state index contributed by atoms with van der Waals surface area (Å²) in [5, 5.41) is 3.51. The zero-order valence-electron chi connectivity index (χ0n) is 13.1. The molecule has 0 bridgehead atoms. The first-order chi connectivity index (χ1) is 9.70. The molecule has 1 aliphatic heterocycles. The third-order valence-electron chi connectivity index (χ3n) is 4.30. The maximum Gasteiger partial charge on any atom is 0.117 e. The lowest BCUT2D eigenvalue weighted by Gasteiger charge is -2.35. The average molecular weight is 279 g/mol. The fourth-order valence-electron chi connectivity index (χ4n) is 3.14. The highest BCUT2D eigenvalue weighted by molar-refractivity contribution is 4.97. The van der Waals surface area contributed by atoms with E-state index in [1.807, 2.05) is 12.1 Å². The van der Waals surface area contributed by atoms with E-state index in [2.05, 4.69) is 36.0 Å². The summed E-state index contributed by atoms with van der Waals surface area (Å²) < 4.78 is 5.35. The van der Waals surface area contributed by atoms with Crippen molar-refractivity contribution in [1.29, 1.82) is 0 Å². The normalized spacial score (nSPS) is 23.6. The van der Waals surface area contributed by atoms with Crippen molar-refractivity contribution in [2.75, 3.05) is 33.2 Å². The molecule has 20 heavy (non-hydrogen) atoms. The average Bonchev–Trinajstić information content (AvgIpc) is 2.87. The van der Waals surface area contributed by atoms with Crippen LogP contribution in [0.1, 0.15) is 32.4 Å². The van der Waals surface area contributed by atoms with Gasteiger partial charge < -0.3 is 14.6 Å². The number of hydrogen-bond donors (Lipinski definition) is 1. The maximum absolute atomic E-state index is 5.35. The molecule has 0 aliphatic carbocycles. The molecule has 2 rings (SSSR count). The Hall–Kier alpha value is -0.840. The second-order valence-corrected chi connectivity index (χ2v) is 5.97. The van der Waals surface area contributed by atoms with E-state index < -0.39 is 0 Å². The van der Waals surface area contributed by atoms with Crippen molar-refractivity contribution in [3.8, 4) is 0 Å². The van der Waals surface area contributed by atoms with Gasteiger partial charge in [0.1, 0.15) is 5.76 Å².